The van der Waals surface area contributed by atoms with Gasteiger partial charge < -0.3 is 10.2 Å². The molecule has 1 aromatic carbocycles. The Balaban J connectivity index is 1.81. The molecule has 1 fully saturated rings. The number of rotatable bonds is 4. The van der Waals surface area contributed by atoms with Gasteiger partial charge in [0.2, 0.25) is 5.91 Å². The van der Waals surface area contributed by atoms with E-state index in [2.05, 4.69) is 10.4 Å². The number of piperidine rings is 1. The normalized spacial score (nSPS) is 17.6. The molecule has 0 radical (unpaired) electrons. The molecule has 0 bridgehead atoms. The molecule has 5 nitrogen and oxygen atoms in total. The quantitative estimate of drug-likeness (QED) is 0.862. The summed E-state index contributed by atoms with van der Waals surface area (Å²) in [6.45, 7) is 5.53. The van der Waals surface area contributed by atoms with E-state index in [0.717, 1.165) is 48.6 Å². The maximum atomic E-state index is 12.8. The molecule has 2 heterocycles. The number of amides is 1. The van der Waals surface area contributed by atoms with Crippen molar-refractivity contribution in [3.8, 4) is 5.69 Å². The highest BCUT2D eigenvalue weighted by molar-refractivity contribution is 6.42. The van der Waals surface area contributed by atoms with Crippen LogP contribution in [-0.2, 0) is 11.2 Å². The predicted molar refractivity (Wildman–Crippen MR) is 105 cm³/mol. The number of aromatic nitrogens is 2. The van der Waals surface area contributed by atoms with E-state index in [9.17, 15) is 4.79 Å². The van der Waals surface area contributed by atoms with Crippen LogP contribution in [0, 0.1) is 13.8 Å². The Hall–Kier alpha value is -1.56. The minimum Gasteiger partial charge on any atom is -0.341 e. The summed E-state index contributed by atoms with van der Waals surface area (Å²) in [6, 6.07) is 5.80. The molecule has 140 valence electrons. The Labute approximate surface area is 164 Å². The lowest BCUT2D eigenvalue weighted by molar-refractivity contribution is -0.131. The van der Waals surface area contributed by atoms with Gasteiger partial charge in [-0.1, -0.05) is 23.2 Å². The molecule has 1 unspecified atom stereocenters. The number of nitrogens with zero attached hydrogens (tertiary/aromatic N) is 3. The van der Waals surface area contributed by atoms with Crippen molar-refractivity contribution >= 4 is 29.1 Å². The Morgan fingerprint density at radius 3 is 2.77 bits per heavy atom. The fourth-order valence-corrected chi connectivity index (χ4v) is 3.79. The van der Waals surface area contributed by atoms with Crippen LogP contribution in [0.1, 0.15) is 29.8 Å². The first-order valence-corrected chi connectivity index (χ1v) is 9.62. The number of likely N-dealkylation sites (N-methyl/N-ethyl adjacent to an activating group) is 1. The lowest BCUT2D eigenvalue weighted by Gasteiger charge is -2.32. The van der Waals surface area contributed by atoms with Crippen molar-refractivity contribution in [3.05, 3.63) is 45.2 Å². The SMILES string of the molecule is CNC1CCCN(C(=O)Cc2c(C)nn(-c3ccc(Cl)c(Cl)c3)c2C)C1. The van der Waals surface area contributed by atoms with Crippen LogP contribution >= 0.6 is 23.2 Å². The van der Waals surface area contributed by atoms with Crippen molar-refractivity contribution in [2.24, 2.45) is 0 Å². The summed E-state index contributed by atoms with van der Waals surface area (Å²) in [4.78, 5) is 14.8. The fourth-order valence-electron chi connectivity index (χ4n) is 3.50. The summed E-state index contributed by atoms with van der Waals surface area (Å²) >= 11 is 12.1. The van der Waals surface area contributed by atoms with E-state index in [1.165, 1.54) is 0 Å². The van der Waals surface area contributed by atoms with E-state index in [1.807, 2.05) is 36.5 Å². The van der Waals surface area contributed by atoms with Crippen LogP contribution in [0.5, 0.6) is 0 Å². The third-order valence-corrected chi connectivity index (χ3v) is 5.84. The molecule has 7 heteroatoms. The number of nitrogens with one attached hydrogen (secondary N) is 1. The zero-order valence-electron chi connectivity index (χ0n) is 15.4. The van der Waals surface area contributed by atoms with Gasteiger partial charge in [0.1, 0.15) is 0 Å². The van der Waals surface area contributed by atoms with Crippen LogP contribution in [0.15, 0.2) is 18.2 Å². The van der Waals surface area contributed by atoms with Gasteiger partial charge >= 0.3 is 0 Å². The Kier molecular flexibility index (Phi) is 5.90. The van der Waals surface area contributed by atoms with Crippen LogP contribution in [0.4, 0.5) is 0 Å². The molecule has 1 aliphatic heterocycles. The summed E-state index contributed by atoms with van der Waals surface area (Å²) in [5.41, 5.74) is 3.64. The average molecular weight is 395 g/mol. The summed E-state index contributed by atoms with van der Waals surface area (Å²) in [7, 11) is 1.95. The van der Waals surface area contributed by atoms with E-state index in [-0.39, 0.29) is 5.91 Å². The van der Waals surface area contributed by atoms with Gasteiger partial charge in [-0.3, -0.25) is 4.79 Å². The second kappa shape index (κ2) is 7.99. The highest BCUT2D eigenvalue weighted by atomic mass is 35.5. The first kappa shape index (κ1) is 19.2. The van der Waals surface area contributed by atoms with Crippen LogP contribution in [-0.4, -0.2) is 46.8 Å². The van der Waals surface area contributed by atoms with Gasteiger partial charge in [-0.25, -0.2) is 4.68 Å². The van der Waals surface area contributed by atoms with Crippen LogP contribution in [0.2, 0.25) is 10.0 Å². The highest BCUT2D eigenvalue weighted by Crippen LogP contribution is 2.26. The molecule has 2 aromatic rings. The van der Waals surface area contributed by atoms with E-state index in [1.54, 1.807) is 12.1 Å². The van der Waals surface area contributed by atoms with Crippen molar-refractivity contribution in [2.45, 2.75) is 39.2 Å². The molecule has 0 saturated carbocycles. The predicted octanol–water partition coefficient (Wildman–Crippen LogP) is 3.55. The van der Waals surface area contributed by atoms with E-state index < -0.39 is 0 Å². The summed E-state index contributed by atoms with van der Waals surface area (Å²) in [6.07, 6.45) is 2.53. The molecule has 1 N–H and O–H groups in total. The van der Waals surface area contributed by atoms with Crippen LogP contribution in [0.3, 0.4) is 0 Å². The van der Waals surface area contributed by atoms with E-state index >= 15 is 0 Å². The van der Waals surface area contributed by atoms with Crippen molar-refractivity contribution in [2.75, 3.05) is 20.1 Å². The van der Waals surface area contributed by atoms with Gasteiger partial charge in [0.05, 0.1) is 27.8 Å². The monoisotopic (exact) mass is 394 g/mol. The standard InChI is InChI=1S/C19H24Cl2N4O/c1-12-16(10-19(26)24-8-4-5-14(11-24)22-3)13(2)25(23-12)15-6-7-17(20)18(21)9-15/h6-7,9,14,22H,4-5,8,10-11H2,1-3H3. The van der Waals surface area contributed by atoms with Gasteiger partial charge in [-0.05, 0) is 51.9 Å². The second-order valence-electron chi connectivity index (χ2n) is 6.80. The number of likely N-dealkylation sites (tertiary alicyclic amines) is 1. The smallest absolute Gasteiger partial charge is 0.227 e. The maximum Gasteiger partial charge on any atom is 0.227 e. The van der Waals surface area contributed by atoms with Gasteiger partial charge in [0.15, 0.2) is 0 Å². The van der Waals surface area contributed by atoms with Crippen molar-refractivity contribution in [1.29, 1.82) is 0 Å². The summed E-state index contributed by atoms with van der Waals surface area (Å²) < 4.78 is 1.83. The van der Waals surface area contributed by atoms with Crippen LogP contribution < -0.4 is 5.32 Å². The summed E-state index contributed by atoms with van der Waals surface area (Å²) in [5.74, 6) is 0.157. The van der Waals surface area contributed by atoms with Crippen LogP contribution in [0.25, 0.3) is 5.69 Å². The molecule has 1 aliphatic rings. The first-order valence-electron chi connectivity index (χ1n) is 8.86. The number of carbonyl (C=O) groups is 1. The Bertz CT molecular complexity index is 818. The minimum absolute atomic E-state index is 0.157. The third-order valence-electron chi connectivity index (χ3n) is 5.10. The number of benzene rings is 1. The zero-order valence-corrected chi connectivity index (χ0v) is 16.9. The molecule has 1 aromatic heterocycles. The van der Waals surface area contributed by atoms with E-state index in [4.69, 9.17) is 23.2 Å². The molecule has 1 saturated heterocycles. The topological polar surface area (TPSA) is 50.2 Å². The highest BCUT2D eigenvalue weighted by Gasteiger charge is 2.24. The number of carbonyl (C=O) groups excluding carboxylic acids is 1. The fraction of sp³-hybridized carbons (Fsp3) is 0.474. The van der Waals surface area contributed by atoms with Gasteiger partial charge in [0, 0.05) is 30.4 Å². The van der Waals surface area contributed by atoms with Crippen molar-refractivity contribution in [1.82, 2.24) is 20.0 Å². The molecule has 0 aliphatic carbocycles. The first-order chi connectivity index (χ1) is 12.4. The molecular weight excluding hydrogens is 371 g/mol. The van der Waals surface area contributed by atoms with E-state index in [0.29, 0.717) is 22.5 Å². The zero-order chi connectivity index (χ0) is 18.8. The molecular formula is C19H24Cl2N4O. The molecule has 3 rings (SSSR count). The van der Waals surface area contributed by atoms with Gasteiger partial charge in [0.25, 0.3) is 0 Å². The molecule has 1 atom stereocenters. The van der Waals surface area contributed by atoms with Gasteiger partial charge in [-0.15, -0.1) is 0 Å². The Morgan fingerprint density at radius 1 is 1.31 bits per heavy atom. The van der Waals surface area contributed by atoms with Gasteiger partial charge in [-0.2, -0.15) is 5.10 Å². The second-order valence-corrected chi connectivity index (χ2v) is 7.62. The number of aryl methyl sites for hydroxylation is 1. The number of hydrogen-bond acceptors (Lipinski definition) is 3. The average Bonchev–Trinajstić information content (AvgIpc) is 2.92. The molecule has 26 heavy (non-hydrogen) atoms. The van der Waals surface area contributed by atoms with Crippen molar-refractivity contribution < 1.29 is 4.79 Å². The largest absolute Gasteiger partial charge is 0.341 e. The lowest BCUT2D eigenvalue weighted by atomic mass is 10.0. The Morgan fingerprint density at radius 2 is 2.08 bits per heavy atom. The number of halogens is 2. The molecule has 1 amide bonds. The lowest BCUT2D eigenvalue weighted by Crippen LogP contribution is -2.47. The minimum atomic E-state index is 0.157. The van der Waals surface area contributed by atoms with Crippen molar-refractivity contribution in [3.63, 3.8) is 0 Å². The molecule has 0 spiro atoms. The maximum absolute atomic E-state index is 12.8. The third kappa shape index (κ3) is 3.90. The summed E-state index contributed by atoms with van der Waals surface area (Å²) in [5, 5.41) is 8.89. The number of hydrogen-bond donors (Lipinski definition) is 1.